The van der Waals surface area contributed by atoms with E-state index in [1.54, 1.807) is 0 Å². The number of nitrogens with two attached hydrogens (primary N) is 1. The van der Waals surface area contributed by atoms with Gasteiger partial charge in [-0.1, -0.05) is 13.3 Å². The summed E-state index contributed by atoms with van der Waals surface area (Å²) in [7, 11) is 0. The molecule has 0 aliphatic rings. The fourth-order valence-corrected chi connectivity index (χ4v) is 0.872. The number of rotatable bonds is 3. The van der Waals surface area contributed by atoms with Crippen LogP contribution >= 0.6 is 0 Å². The summed E-state index contributed by atoms with van der Waals surface area (Å²) >= 11 is 0. The van der Waals surface area contributed by atoms with Gasteiger partial charge in [0.15, 0.2) is 0 Å². The maximum Gasteiger partial charge on any atom is 0.141 e. The van der Waals surface area contributed by atoms with Crippen LogP contribution in [0.5, 0.6) is 0 Å². The molecule has 0 saturated heterocycles. The Morgan fingerprint density at radius 2 is 2.25 bits per heavy atom. The summed E-state index contributed by atoms with van der Waals surface area (Å²) < 4.78 is 0. The second-order valence-corrected chi connectivity index (χ2v) is 2.56. The minimum atomic E-state index is 0.392. The molecule has 1 aromatic heterocycles. The largest absolute Gasteiger partial charge is 0.382 e. The highest BCUT2D eigenvalue weighted by Crippen LogP contribution is 2.01. The highest BCUT2D eigenvalue weighted by Gasteiger charge is 2.00. The zero-order valence-corrected chi connectivity index (χ0v) is 7.04. The summed E-state index contributed by atoms with van der Waals surface area (Å²) in [5.41, 5.74) is 6.49. The van der Waals surface area contributed by atoms with E-state index in [2.05, 4.69) is 9.97 Å². The molecule has 0 saturated carbocycles. The van der Waals surface area contributed by atoms with Crippen molar-refractivity contribution in [3.8, 4) is 0 Å². The molecule has 64 valence electrons. The van der Waals surface area contributed by atoms with Crippen molar-refractivity contribution in [2.24, 2.45) is 0 Å². The maximum atomic E-state index is 7.56. The predicted molar refractivity (Wildman–Crippen MR) is 48.2 cm³/mol. The van der Waals surface area contributed by atoms with Crippen LogP contribution in [0.2, 0.25) is 0 Å². The number of nitrogen functional groups attached to an aromatic ring is 1. The van der Waals surface area contributed by atoms with Crippen molar-refractivity contribution < 1.29 is 0 Å². The highest BCUT2D eigenvalue weighted by molar-refractivity contribution is 5.96. The first-order chi connectivity index (χ1) is 5.74. The Labute approximate surface area is 71.4 Å². The quantitative estimate of drug-likeness (QED) is 0.659. The second kappa shape index (κ2) is 3.80. The molecular formula is C8H12N4. The molecule has 1 aromatic rings. The van der Waals surface area contributed by atoms with Gasteiger partial charge in [-0.3, -0.25) is 0 Å². The lowest BCUT2D eigenvalue weighted by atomic mass is 10.2. The van der Waals surface area contributed by atoms with Gasteiger partial charge in [-0.25, -0.2) is 9.97 Å². The van der Waals surface area contributed by atoms with Crippen molar-refractivity contribution >= 4 is 11.5 Å². The topological polar surface area (TPSA) is 75.7 Å². The number of nitrogens with one attached hydrogen (secondary N) is 1. The molecule has 0 amide bonds. The highest BCUT2D eigenvalue weighted by atomic mass is 14.9. The molecule has 4 nitrogen and oxygen atoms in total. The first kappa shape index (κ1) is 8.64. The molecule has 0 radical (unpaired) electrons. The average Bonchev–Trinajstić information content (AvgIpc) is 2.06. The molecule has 0 aliphatic carbocycles. The molecule has 0 aromatic carbocycles. The number of hydrogen-bond acceptors (Lipinski definition) is 4. The van der Waals surface area contributed by atoms with Gasteiger partial charge in [0.05, 0.1) is 18.1 Å². The molecule has 1 rings (SSSR count). The minimum absolute atomic E-state index is 0.392. The van der Waals surface area contributed by atoms with E-state index in [0.29, 0.717) is 17.2 Å². The zero-order chi connectivity index (χ0) is 8.97. The number of anilines is 1. The summed E-state index contributed by atoms with van der Waals surface area (Å²) in [6, 6.07) is 0. The van der Waals surface area contributed by atoms with E-state index in [0.717, 1.165) is 12.8 Å². The van der Waals surface area contributed by atoms with Crippen molar-refractivity contribution in [2.45, 2.75) is 19.8 Å². The van der Waals surface area contributed by atoms with Gasteiger partial charge in [0, 0.05) is 0 Å². The number of aromatic nitrogens is 2. The third kappa shape index (κ3) is 2.02. The van der Waals surface area contributed by atoms with Gasteiger partial charge >= 0.3 is 0 Å². The molecule has 0 spiro atoms. The molecule has 3 N–H and O–H groups in total. The summed E-state index contributed by atoms with van der Waals surface area (Å²) in [6.07, 6.45) is 4.69. The van der Waals surface area contributed by atoms with Gasteiger partial charge in [0.1, 0.15) is 11.5 Å². The second-order valence-electron chi connectivity index (χ2n) is 2.56. The third-order valence-electron chi connectivity index (χ3n) is 1.48. The molecular weight excluding hydrogens is 152 g/mol. The summed E-state index contributed by atoms with van der Waals surface area (Å²) in [4.78, 5) is 7.84. The van der Waals surface area contributed by atoms with Crippen LogP contribution in [0.3, 0.4) is 0 Å². The van der Waals surface area contributed by atoms with E-state index in [1.165, 1.54) is 12.4 Å². The van der Waals surface area contributed by atoms with Gasteiger partial charge in [-0.05, 0) is 6.42 Å². The molecule has 0 unspecified atom stereocenters. The summed E-state index contributed by atoms with van der Waals surface area (Å²) in [5.74, 6) is 0.392. The first-order valence-electron chi connectivity index (χ1n) is 3.89. The van der Waals surface area contributed by atoms with E-state index in [1.807, 2.05) is 6.92 Å². The van der Waals surface area contributed by atoms with Gasteiger partial charge < -0.3 is 11.1 Å². The molecule has 0 fully saturated rings. The van der Waals surface area contributed by atoms with Gasteiger partial charge in [0.2, 0.25) is 0 Å². The van der Waals surface area contributed by atoms with Gasteiger partial charge in [-0.2, -0.15) is 0 Å². The van der Waals surface area contributed by atoms with E-state index in [-0.39, 0.29) is 0 Å². The fraction of sp³-hybridized carbons (Fsp3) is 0.375. The molecule has 0 aliphatic heterocycles. The number of hydrogen-bond donors (Lipinski definition) is 2. The third-order valence-corrected chi connectivity index (χ3v) is 1.48. The molecule has 0 atom stereocenters. The minimum Gasteiger partial charge on any atom is -0.382 e. The van der Waals surface area contributed by atoms with Crippen molar-refractivity contribution in [1.82, 2.24) is 9.97 Å². The normalized spacial score (nSPS) is 9.75. The van der Waals surface area contributed by atoms with Crippen LogP contribution in [0.4, 0.5) is 5.82 Å². The molecule has 4 heteroatoms. The maximum absolute atomic E-state index is 7.56. The Kier molecular flexibility index (Phi) is 2.74. The molecule has 0 bridgehead atoms. The standard InChI is InChI=1S/C8H12N4/c1-2-3-6(9)7-4-12-8(10)5-11-7/h4-5,9H,2-3H2,1H3,(H2,10,12). The Morgan fingerprint density at radius 3 is 2.75 bits per heavy atom. The van der Waals surface area contributed by atoms with Crippen molar-refractivity contribution in [3.05, 3.63) is 18.1 Å². The van der Waals surface area contributed by atoms with E-state index < -0.39 is 0 Å². The Bertz CT molecular complexity index is 265. The average molecular weight is 164 g/mol. The Hall–Kier alpha value is -1.45. The van der Waals surface area contributed by atoms with Crippen LogP contribution in [-0.2, 0) is 0 Å². The van der Waals surface area contributed by atoms with E-state index in [9.17, 15) is 0 Å². The lowest BCUT2D eigenvalue weighted by Crippen LogP contribution is -2.03. The van der Waals surface area contributed by atoms with Crippen molar-refractivity contribution in [1.29, 1.82) is 5.41 Å². The van der Waals surface area contributed by atoms with E-state index in [4.69, 9.17) is 11.1 Å². The summed E-state index contributed by atoms with van der Waals surface area (Å²) in [5, 5.41) is 7.56. The smallest absolute Gasteiger partial charge is 0.141 e. The predicted octanol–water partition coefficient (Wildman–Crippen LogP) is 1.23. The summed E-state index contributed by atoms with van der Waals surface area (Å²) in [6.45, 7) is 2.03. The van der Waals surface area contributed by atoms with Gasteiger partial charge in [0.25, 0.3) is 0 Å². The van der Waals surface area contributed by atoms with Crippen LogP contribution in [0, 0.1) is 5.41 Å². The Morgan fingerprint density at radius 1 is 1.50 bits per heavy atom. The van der Waals surface area contributed by atoms with Crippen molar-refractivity contribution in [3.63, 3.8) is 0 Å². The Balaban J connectivity index is 2.75. The molecule has 1 heterocycles. The number of nitrogens with zero attached hydrogens (tertiary/aromatic N) is 2. The zero-order valence-electron chi connectivity index (χ0n) is 7.04. The van der Waals surface area contributed by atoms with Gasteiger partial charge in [-0.15, -0.1) is 0 Å². The SMILES string of the molecule is CCCC(=N)c1cnc(N)cn1. The van der Waals surface area contributed by atoms with E-state index >= 15 is 0 Å². The monoisotopic (exact) mass is 164 g/mol. The van der Waals surface area contributed by atoms with Crippen LogP contribution in [-0.4, -0.2) is 15.7 Å². The molecule has 12 heavy (non-hydrogen) atoms. The van der Waals surface area contributed by atoms with Crippen molar-refractivity contribution in [2.75, 3.05) is 5.73 Å². The van der Waals surface area contributed by atoms with Crippen LogP contribution in [0.1, 0.15) is 25.5 Å². The van der Waals surface area contributed by atoms with Crippen LogP contribution < -0.4 is 5.73 Å². The van der Waals surface area contributed by atoms with Crippen LogP contribution in [0.15, 0.2) is 12.4 Å². The first-order valence-corrected chi connectivity index (χ1v) is 3.89. The fourth-order valence-electron chi connectivity index (χ4n) is 0.872. The van der Waals surface area contributed by atoms with Crippen LogP contribution in [0.25, 0.3) is 0 Å². The lowest BCUT2D eigenvalue weighted by molar-refractivity contribution is 0.977. The lowest BCUT2D eigenvalue weighted by Gasteiger charge is -1.99.